The van der Waals surface area contributed by atoms with Crippen molar-refractivity contribution in [1.82, 2.24) is 15.1 Å². The van der Waals surface area contributed by atoms with Crippen molar-refractivity contribution in [2.75, 3.05) is 26.2 Å². The third-order valence-corrected chi connectivity index (χ3v) is 7.23. The van der Waals surface area contributed by atoms with Crippen LogP contribution in [-0.2, 0) is 20.7 Å². The maximum atomic E-state index is 13.4. The number of carbonyl (C=O) groups excluding carboxylic acids is 2. The van der Waals surface area contributed by atoms with E-state index in [1.54, 1.807) is 11.0 Å². The van der Waals surface area contributed by atoms with Gasteiger partial charge in [-0.1, -0.05) is 30.3 Å². The summed E-state index contributed by atoms with van der Waals surface area (Å²) in [4.78, 5) is 29.9. The molecule has 212 valence electrons. The molecule has 0 aliphatic carbocycles. The van der Waals surface area contributed by atoms with Crippen LogP contribution >= 0.6 is 0 Å². The van der Waals surface area contributed by atoms with Crippen molar-refractivity contribution in [3.63, 3.8) is 0 Å². The van der Waals surface area contributed by atoms with E-state index in [-0.39, 0.29) is 36.7 Å². The number of benzene rings is 1. The molecule has 0 unspecified atom stereocenters. The SMILES string of the molecule is C[C@H]1CN(C(C)(C)C=C(C#N)C(=O)N2CCCC[C@@H](OC(=O)N[C@@H](Cc3ccccc3)B(O)O)C2)C[C@H](C)O1. The van der Waals surface area contributed by atoms with Gasteiger partial charge in [-0.25, -0.2) is 4.79 Å². The molecule has 2 heterocycles. The largest absolute Gasteiger partial charge is 0.475 e. The van der Waals surface area contributed by atoms with Gasteiger partial charge < -0.3 is 29.7 Å². The molecule has 3 rings (SSSR count). The van der Waals surface area contributed by atoms with Crippen LogP contribution in [0.3, 0.4) is 0 Å². The Hall–Kier alpha value is -2.91. The third-order valence-electron chi connectivity index (χ3n) is 7.23. The average molecular weight is 540 g/mol. The summed E-state index contributed by atoms with van der Waals surface area (Å²) in [6.45, 7) is 10.0. The Balaban J connectivity index is 1.64. The molecule has 10 nitrogen and oxygen atoms in total. The Labute approximate surface area is 231 Å². The fourth-order valence-electron chi connectivity index (χ4n) is 5.22. The fourth-order valence-corrected chi connectivity index (χ4v) is 5.22. The lowest BCUT2D eigenvalue weighted by molar-refractivity contribution is -0.128. The number of morpholine rings is 1. The topological polar surface area (TPSA) is 135 Å². The van der Waals surface area contributed by atoms with Gasteiger partial charge in [-0.3, -0.25) is 9.69 Å². The Morgan fingerprint density at radius 1 is 1.21 bits per heavy atom. The highest BCUT2D eigenvalue weighted by Gasteiger charge is 2.34. The number of alkyl carbamates (subject to hydrolysis) is 1. The lowest BCUT2D eigenvalue weighted by Crippen LogP contribution is -2.54. The minimum Gasteiger partial charge on any atom is -0.444 e. The molecule has 11 heteroatoms. The molecular formula is C28H41BN4O6. The van der Waals surface area contributed by atoms with E-state index in [0.29, 0.717) is 26.1 Å². The lowest BCUT2D eigenvalue weighted by atomic mass is 9.76. The highest BCUT2D eigenvalue weighted by Crippen LogP contribution is 2.25. The molecule has 2 aliphatic rings. The minimum atomic E-state index is -1.77. The summed E-state index contributed by atoms with van der Waals surface area (Å²) in [6.07, 6.45) is 2.71. The standard InChI is InChI=1S/C28H41BN4O6/c1-20-17-33(18-21(2)38-20)28(3,4)15-23(16-30)26(34)32-13-9-8-12-24(19-32)39-27(35)31-25(29(36)37)14-22-10-6-5-7-11-22/h5-7,10-11,15,20-21,24-25,36-37H,8-9,12-14,17-19H2,1-4H3,(H,31,35)/t20-,21-,24+,25-/m0/s1. The molecule has 0 aromatic heterocycles. The number of hydrogen-bond acceptors (Lipinski definition) is 8. The molecule has 1 aromatic carbocycles. The molecular weight excluding hydrogens is 499 g/mol. The highest BCUT2D eigenvalue weighted by atomic mass is 16.6. The maximum absolute atomic E-state index is 13.4. The van der Waals surface area contributed by atoms with Crippen LogP contribution in [0.5, 0.6) is 0 Å². The van der Waals surface area contributed by atoms with Crippen LogP contribution in [0.15, 0.2) is 42.0 Å². The number of hydrogen-bond donors (Lipinski definition) is 3. The zero-order valence-corrected chi connectivity index (χ0v) is 23.4. The minimum absolute atomic E-state index is 0.0524. The second-order valence-electron chi connectivity index (χ2n) is 11.1. The van der Waals surface area contributed by atoms with Gasteiger partial charge in [-0.05, 0) is 65.0 Å². The third kappa shape index (κ3) is 9.07. The van der Waals surface area contributed by atoms with Gasteiger partial charge in [0.05, 0.1) is 24.7 Å². The number of ether oxygens (including phenoxy) is 2. The second-order valence-corrected chi connectivity index (χ2v) is 11.1. The van der Waals surface area contributed by atoms with Gasteiger partial charge in [-0.2, -0.15) is 5.26 Å². The van der Waals surface area contributed by atoms with Crippen molar-refractivity contribution in [2.24, 2.45) is 0 Å². The molecule has 0 saturated carbocycles. The quantitative estimate of drug-likeness (QED) is 0.259. The normalized spacial score (nSPS) is 23.8. The molecule has 2 aliphatic heterocycles. The second kappa shape index (κ2) is 13.9. The fraction of sp³-hybridized carbons (Fsp3) is 0.607. The van der Waals surface area contributed by atoms with Crippen LogP contribution in [-0.4, -0.2) is 94.9 Å². The molecule has 0 spiro atoms. The summed E-state index contributed by atoms with van der Waals surface area (Å²) >= 11 is 0. The van der Waals surface area contributed by atoms with Gasteiger partial charge in [0.1, 0.15) is 17.7 Å². The first-order chi connectivity index (χ1) is 18.5. The van der Waals surface area contributed by atoms with Gasteiger partial charge in [0.25, 0.3) is 5.91 Å². The van der Waals surface area contributed by atoms with Crippen LogP contribution in [0.4, 0.5) is 4.79 Å². The predicted molar refractivity (Wildman–Crippen MR) is 147 cm³/mol. The van der Waals surface area contributed by atoms with Crippen LogP contribution < -0.4 is 5.32 Å². The van der Waals surface area contributed by atoms with Crippen molar-refractivity contribution < 1.29 is 29.1 Å². The van der Waals surface area contributed by atoms with Gasteiger partial charge >= 0.3 is 13.2 Å². The number of rotatable bonds is 8. The number of nitrogens with zero attached hydrogens (tertiary/aromatic N) is 3. The molecule has 1 aromatic rings. The summed E-state index contributed by atoms with van der Waals surface area (Å²) in [5.41, 5.74) is 0.359. The van der Waals surface area contributed by atoms with E-state index in [0.717, 1.165) is 18.4 Å². The van der Waals surface area contributed by atoms with E-state index in [9.17, 15) is 24.9 Å². The van der Waals surface area contributed by atoms with E-state index < -0.39 is 30.8 Å². The van der Waals surface area contributed by atoms with E-state index >= 15 is 0 Å². The van der Waals surface area contributed by atoms with E-state index in [1.165, 1.54) is 0 Å². The molecule has 4 atom stereocenters. The van der Waals surface area contributed by atoms with E-state index in [1.807, 2.05) is 58.0 Å². The molecule has 0 bridgehead atoms. The monoisotopic (exact) mass is 540 g/mol. The first kappa shape index (κ1) is 30.6. The molecule has 3 N–H and O–H groups in total. The van der Waals surface area contributed by atoms with Crippen LogP contribution in [0.2, 0.25) is 0 Å². The van der Waals surface area contributed by atoms with Gasteiger partial charge in [-0.15, -0.1) is 0 Å². The van der Waals surface area contributed by atoms with Crippen molar-refractivity contribution in [3.8, 4) is 6.07 Å². The molecule has 2 fully saturated rings. The summed E-state index contributed by atoms with van der Waals surface area (Å²) in [5, 5.41) is 32.0. The molecule has 2 amide bonds. The number of nitriles is 1. The van der Waals surface area contributed by atoms with Crippen molar-refractivity contribution in [2.45, 2.75) is 83.2 Å². The first-order valence-corrected chi connectivity index (χ1v) is 13.7. The summed E-state index contributed by atoms with van der Waals surface area (Å²) in [6, 6.07) is 11.3. The zero-order valence-electron chi connectivity index (χ0n) is 23.4. The zero-order chi connectivity index (χ0) is 28.6. The summed E-state index contributed by atoms with van der Waals surface area (Å²) < 4.78 is 11.4. The van der Waals surface area contributed by atoms with Crippen molar-refractivity contribution >= 4 is 19.1 Å². The summed E-state index contributed by atoms with van der Waals surface area (Å²) in [7, 11) is -1.77. The number of nitrogens with one attached hydrogen (secondary N) is 1. The number of likely N-dealkylation sites (tertiary alicyclic amines) is 1. The predicted octanol–water partition coefficient (Wildman–Crippen LogP) is 2.05. The van der Waals surface area contributed by atoms with Crippen LogP contribution in [0.25, 0.3) is 0 Å². The number of carbonyl (C=O) groups is 2. The Morgan fingerprint density at radius 3 is 2.49 bits per heavy atom. The van der Waals surface area contributed by atoms with Gasteiger partial charge in [0.15, 0.2) is 0 Å². The van der Waals surface area contributed by atoms with Crippen LogP contribution in [0.1, 0.15) is 52.5 Å². The van der Waals surface area contributed by atoms with Gasteiger partial charge in [0, 0.05) is 25.2 Å². The molecule has 2 saturated heterocycles. The Bertz CT molecular complexity index is 1030. The van der Waals surface area contributed by atoms with Crippen LogP contribution in [0, 0.1) is 11.3 Å². The average Bonchev–Trinajstić information content (AvgIpc) is 3.12. The van der Waals surface area contributed by atoms with E-state index in [4.69, 9.17) is 9.47 Å². The Morgan fingerprint density at radius 2 is 1.87 bits per heavy atom. The molecule has 39 heavy (non-hydrogen) atoms. The molecule has 0 radical (unpaired) electrons. The smallest absolute Gasteiger partial charge is 0.444 e. The maximum Gasteiger partial charge on any atom is 0.475 e. The van der Waals surface area contributed by atoms with E-state index in [2.05, 4.69) is 16.3 Å². The van der Waals surface area contributed by atoms with Crippen molar-refractivity contribution in [3.05, 3.63) is 47.5 Å². The Kier molecular flexibility index (Phi) is 11.0. The summed E-state index contributed by atoms with van der Waals surface area (Å²) in [5.74, 6) is -1.34. The van der Waals surface area contributed by atoms with Crippen molar-refractivity contribution in [1.29, 1.82) is 5.26 Å². The highest BCUT2D eigenvalue weighted by molar-refractivity contribution is 6.43. The lowest BCUT2D eigenvalue weighted by Gasteiger charge is -2.43. The number of amides is 2. The first-order valence-electron chi connectivity index (χ1n) is 13.7. The van der Waals surface area contributed by atoms with Gasteiger partial charge in [0.2, 0.25) is 0 Å².